The van der Waals surface area contributed by atoms with Gasteiger partial charge in [-0.3, -0.25) is 19.2 Å². The molecule has 3 heterocycles. The average Bonchev–Trinajstić information content (AvgIpc) is 3.26. The SMILES string of the molecule is COCC(=O)NC[C@H]1C(=O)N2C[C@@H](NC(=O)NC(C)C)C[C@H]2CN1Cc1cnn(C)c1. The molecule has 172 valence electrons. The smallest absolute Gasteiger partial charge is 0.315 e. The third-order valence-electron chi connectivity index (χ3n) is 5.54. The van der Waals surface area contributed by atoms with E-state index in [9.17, 15) is 14.4 Å². The number of hydrogen-bond donors (Lipinski definition) is 3. The standard InChI is InChI=1S/C20H33N7O4/c1-13(2)23-20(30)24-15-5-16-11-26(9-14-6-22-25(3)8-14)17(19(29)27(16)10-15)7-21-18(28)12-31-4/h6,8,13,15-17H,5,7,9-12H2,1-4H3,(H,21,28)(H2,23,24,30)/t15-,16-,17-/m0/s1. The quantitative estimate of drug-likeness (QED) is 0.484. The van der Waals surface area contributed by atoms with Crippen LogP contribution in [0.1, 0.15) is 25.8 Å². The van der Waals surface area contributed by atoms with Crippen molar-refractivity contribution in [3.63, 3.8) is 0 Å². The Bertz CT molecular complexity index is 796. The molecule has 0 radical (unpaired) electrons. The molecule has 11 nitrogen and oxygen atoms in total. The predicted octanol–water partition coefficient (Wildman–Crippen LogP) is -0.956. The van der Waals surface area contributed by atoms with Gasteiger partial charge < -0.3 is 25.6 Å². The Morgan fingerprint density at radius 1 is 1.32 bits per heavy atom. The highest BCUT2D eigenvalue weighted by atomic mass is 16.5. The van der Waals surface area contributed by atoms with Gasteiger partial charge in [-0.25, -0.2) is 4.79 Å². The molecule has 2 aliphatic heterocycles. The summed E-state index contributed by atoms with van der Waals surface area (Å²) in [5, 5.41) is 12.8. The van der Waals surface area contributed by atoms with E-state index in [0.29, 0.717) is 26.1 Å². The Morgan fingerprint density at radius 3 is 2.74 bits per heavy atom. The molecular weight excluding hydrogens is 402 g/mol. The van der Waals surface area contributed by atoms with Crippen LogP contribution in [0.4, 0.5) is 4.79 Å². The largest absolute Gasteiger partial charge is 0.375 e. The summed E-state index contributed by atoms with van der Waals surface area (Å²) in [7, 11) is 3.31. The number of carbonyl (C=O) groups is 3. The molecule has 3 N–H and O–H groups in total. The third-order valence-corrected chi connectivity index (χ3v) is 5.54. The number of nitrogens with zero attached hydrogens (tertiary/aromatic N) is 4. The van der Waals surface area contributed by atoms with Gasteiger partial charge in [0, 0.05) is 64.2 Å². The van der Waals surface area contributed by atoms with Crippen molar-refractivity contribution < 1.29 is 19.1 Å². The zero-order valence-electron chi connectivity index (χ0n) is 18.6. The number of amides is 4. The van der Waals surface area contributed by atoms with E-state index < -0.39 is 6.04 Å². The maximum Gasteiger partial charge on any atom is 0.315 e. The Balaban J connectivity index is 1.69. The van der Waals surface area contributed by atoms with Crippen LogP contribution in [0.15, 0.2) is 12.4 Å². The number of fused-ring (bicyclic) bond motifs is 1. The summed E-state index contributed by atoms with van der Waals surface area (Å²) in [5.74, 6) is -0.295. The van der Waals surface area contributed by atoms with Crippen molar-refractivity contribution in [1.29, 1.82) is 0 Å². The van der Waals surface area contributed by atoms with Crippen LogP contribution in [0.3, 0.4) is 0 Å². The van der Waals surface area contributed by atoms with E-state index in [4.69, 9.17) is 4.74 Å². The molecule has 0 aromatic carbocycles. The summed E-state index contributed by atoms with van der Waals surface area (Å²) in [6.07, 6.45) is 4.41. The molecule has 2 aliphatic rings. The van der Waals surface area contributed by atoms with Crippen LogP contribution in [-0.4, -0.2) is 94.9 Å². The fraction of sp³-hybridized carbons (Fsp3) is 0.700. The number of piperazine rings is 1. The number of methoxy groups -OCH3 is 1. The van der Waals surface area contributed by atoms with E-state index in [1.807, 2.05) is 32.0 Å². The molecule has 0 spiro atoms. The second kappa shape index (κ2) is 10.1. The maximum atomic E-state index is 13.3. The highest BCUT2D eigenvalue weighted by Crippen LogP contribution is 2.27. The van der Waals surface area contributed by atoms with Crippen LogP contribution >= 0.6 is 0 Å². The third kappa shape index (κ3) is 5.95. The number of hydrogen-bond acceptors (Lipinski definition) is 6. The summed E-state index contributed by atoms with van der Waals surface area (Å²) in [6.45, 7) is 5.65. The molecule has 1 aromatic heterocycles. The van der Waals surface area contributed by atoms with Gasteiger partial charge in [-0.15, -0.1) is 0 Å². The Morgan fingerprint density at radius 2 is 2.10 bits per heavy atom. The average molecular weight is 436 g/mol. The lowest BCUT2D eigenvalue weighted by Gasteiger charge is -2.42. The zero-order chi connectivity index (χ0) is 22.5. The first-order valence-electron chi connectivity index (χ1n) is 10.6. The minimum atomic E-state index is -0.486. The zero-order valence-corrected chi connectivity index (χ0v) is 18.6. The Labute approximate surface area is 182 Å². The van der Waals surface area contributed by atoms with E-state index in [0.717, 1.165) is 5.56 Å². The van der Waals surface area contributed by atoms with Crippen LogP contribution in [0.25, 0.3) is 0 Å². The van der Waals surface area contributed by atoms with Gasteiger partial charge in [-0.05, 0) is 20.3 Å². The monoisotopic (exact) mass is 435 g/mol. The van der Waals surface area contributed by atoms with Crippen LogP contribution < -0.4 is 16.0 Å². The van der Waals surface area contributed by atoms with Gasteiger partial charge in [-0.2, -0.15) is 5.10 Å². The molecule has 3 rings (SSSR count). The lowest BCUT2D eigenvalue weighted by atomic mass is 10.0. The minimum Gasteiger partial charge on any atom is -0.375 e. The molecule has 2 saturated heterocycles. The molecule has 1 aromatic rings. The van der Waals surface area contributed by atoms with E-state index in [1.165, 1.54) is 7.11 Å². The number of carbonyl (C=O) groups excluding carboxylic acids is 3. The van der Waals surface area contributed by atoms with E-state index >= 15 is 0 Å². The number of rotatable bonds is 8. The molecule has 31 heavy (non-hydrogen) atoms. The normalized spacial score (nSPS) is 23.7. The predicted molar refractivity (Wildman–Crippen MR) is 113 cm³/mol. The summed E-state index contributed by atoms with van der Waals surface area (Å²) >= 11 is 0. The van der Waals surface area contributed by atoms with Gasteiger partial charge in [0.1, 0.15) is 12.6 Å². The van der Waals surface area contributed by atoms with Crippen molar-refractivity contribution in [2.75, 3.05) is 33.4 Å². The first-order valence-corrected chi connectivity index (χ1v) is 10.6. The van der Waals surface area contributed by atoms with Crippen molar-refractivity contribution in [3.8, 4) is 0 Å². The summed E-state index contributed by atoms with van der Waals surface area (Å²) in [4.78, 5) is 41.3. The lowest BCUT2D eigenvalue weighted by molar-refractivity contribution is -0.144. The van der Waals surface area contributed by atoms with E-state index in [-0.39, 0.29) is 49.1 Å². The van der Waals surface area contributed by atoms with Crippen molar-refractivity contribution in [1.82, 2.24) is 35.5 Å². The van der Waals surface area contributed by atoms with Gasteiger partial charge in [0.05, 0.1) is 12.2 Å². The number of nitrogens with one attached hydrogen (secondary N) is 3. The molecule has 11 heteroatoms. The molecule has 0 unspecified atom stereocenters. The number of aryl methyl sites for hydroxylation is 1. The summed E-state index contributed by atoms with van der Waals surface area (Å²) in [5.41, 5.74) is 1.00. The van der Waals surface area contributed by atoms with Crippen molar-refractivity contribution in [3.05, 3.63) is 18.0 Å². The number of urea groups is 1. The van der Waals surface area contributed by atoms with Crippen LogP contribution in [0.2, 0.25) is 0 Å². The molecule has 2 fully saturated rings. The molecule has 0 bridgehead atoms. The highest BCUT2D eigenvalue weighted by molar-refractivity contribution is 5.85. The molecule has 0 saturated carbocycles. The van der Waals surface area contributed by atoms with Crippen LogP contribution in [0, 0.1) is 0 Å². The highest BCUT2D eigenvalue weighted by Gasteiger charge is 2.45. The van der Waals surface area contributed by atoms with Crippen molar-refractivity contribution in [2.45, 2.75) is 51.0 Å². The van der Waals surface area contributed by atoms with Crippen LogP contribution in [-0.2, 0) is 27.9 Å². The van der Waals surface area contributed by atoms with Crippen molar-refractivity contribution >= 4 is 17.8 Å². The van der Waals surface area contributed by atoms with Gasteiger partial charge in [0.25, 0.3) is 0 Å². The van der Waals surface area contributed by atoms with E-state index in [2.05, 4.69) is 25.9 Å². The topological polar surface area (TPSA) is 121 Å². The van der Waals surface area contributed by atoms with Crippen LogP contribution in [0.5, 0.6) is 0 Å². The molecule has 3 atom stereocenters. The molecule has 4 amide bonds. The van der Waals surface area contributed by atoms with E-state index in [1.54, 1.807) is 10.9 Å². The minimum absolute atomic E-state index is 0.0134. The number of aromatic nitrogens is 2. The van der Waals surface area contributed by atoms with Gasteiger partial charge in [0.15, 0.2) is 0 Å². The van der Waals surface area contributed by atoms with Gasteiger partial charge >= 0.3 is 6.03 Å². The maximum absolute atomic E-state index is 13.3. The summed E-state index contributed by atoms with van der Waals surface area (Å²) in [6, 6.07) is -0.752. The Kier molecular flexibility index (Phi) is 7.50. The van der Waals surface area contributed by atoms with Gasteiger partial charge in [0.2, 0.25) is 11.8 Å². The molecular formula is C20H33N7O4. The van der Waals surface area contributed by atoms with Gasteiger partial charge in [-0.1, -0.05) is 0 Å². The fourth-order valence-corrected chi connectivity index (χ4v) is 4.27. The first kappa shape index (κ1) is 23.0. The second-order valence-electron chi connectivity index (χ2n) is 8.55. The Hall–Kier alpha value is -2.66. The second-order valence-corrected chi connectivity index (χ2v) is 8.55. The summed E-state index contributed by atoms with van der Waals surface area (Å²) < 4.78 is 6.59. The fourth-order valence-electron chi connectivity index (χ4n) is 4.27. The molecule has 0 aliphatic carbocycles. The first-order chi connectivity index (χ1) is 14.8. The number of ether oxygens (including phenoxy) is 1. The lowest BCUT2D eigenvalue weighted by Crippen LogP contribution is -2.62. The van der Waals surface area contributed by atoms with Crippen molar-refractivity contribution in [2.24, 2.45) is 7.05 Å².